The van der Waals surface area contributed by atoms with Gasteiger partial charge in [-0.2, -0.15) is 0 Å². The van der Waals surface area contributed by atoms with Crippen LogP contribution in [0.4, 0.5) is 17.1 Å². The number of benzene rings is 9. The summed E-state index contributed by atoms with van der Waals surface area (Å²) >= 11 is 1.91. The molecule has 0 unspecified atom stereocenters. The van der Waals surface area contributed by atoms with Crippen LogP contribution in [-0.4, -0.2) is 0 Å². The van der Waals surface area contributed by atoms with Gasteiger partial charge in [0.25, 0.3) is 0 Å². The molecule has 1 nitrogen and oxygen atoms in total. The lowest BCUT2D eigenvalue weighted by molar-refractivity contribution is 0.645. The number of nitrogens with zero attached hydrogens (tertiary/aromatic N) is 1. The molecule has 0 saturated heterocycles. The third-order valence-electron chi connectivity index (χ3n) is 13.4. The normalized spacial score (nSPS) is 14.5. The smallest absolute Gasteiger partial charge is 0.0540 e. The zero-order valence-electron chi connectivity index (χ0n) is 33.1. The van der Waals surface area contributed by atoms with Crippen LogP contribution in [0.2, 0.25) is 0 Å². The van der Waals surface area contributed by atoms with Crippen LogP contribution in [0, 0.1) is 0 Å². The standard InChI is InChI=1S/C56H41NS/c1-55(2)45-24-9-7-19-38(45)39-32-30-36(33-47(39)55)57(48-26-12-16-34-15-5-6-18-37(34)48)49-27-14-23-44-52-41(31-29-35-17-11-25-46(51(35)52)56(3,4)53(44)49)43-22-13-21-42-40-20-8-10-28-50(40)58-54(42)43/h5-33H,1-4H3. The van der Waals surface area contributed by atoms with Gasteiger partial charge in [0, 0.05) is 47.6 Å². The van der Waals surface area contributed by atoms with Gasteiger partial charge in [0.05, 0.1) is 11.4 Å². The molecule has 0 fully saturated rings. The Morgan fingerprint density at radius 3 is 1.95 bits per heavy atom. The Morgan fingerprint density at radius 1 is 0.414 bits per heavy atom. The fraction of sp³-hybridized carbons (Fsp3) is 0.107. The molecule has 0 N–H and O–H groups in total. The van der Waals surface area contributed by atoms with Crippen molar-refractivity contribution < 1.29 is 0 Å². The van der Waals surface area contributed by atoms with Crippen LogP contribution in [0.3, 0.4) is 0 Å². The maximum absolute atomic E-state index is 2.57. The molecule has 0 bridgehead atoms. The molecule has 58 heavy (non-hydrogen) atoms. The topological polar surface area (TPSA) is 3.24 Å². The van der Waals surface area contributed by atoms with Gasteiger partial charge < -0.3 is 4.90 Å². The highest BCUT2D eigenvalue weighted by Crippen LogP contribution is 2.58. The summed E-state index contributed by atoms with van der Waals surface area (Å²) in [6.45, 7) is 9.65. The molecule has 0 radical (unpaired) electrons. The van der Waals surface area contributed by atoms with Crippen molar-refractivity contribution >= 4 is 70.1 Å². The maximum atomic E-state index is 2.57. The third-order valence-corrected chi connectivity index (χ3v) is 14.6. The van der Waals surface area contributed by atoms with Crippen molar-refractivity contribution in [2.45, 2.75) is 38.5 Å². The van der Waals surface area contributed by atoms with E-state index in [9.17, 15) is 0 Å². The summed E-state index contributed by atoms with van der Waals surface area (Å²) in [7, 11) is 0. The van der Waals surface area contributed by atoms with Crippen molar-refractivity contribution in [3.8, 4) is 33.4 Å². The summed E-state index contributed by atoms with van der Waals surface area (Å²) in [6.07, 6.45) is 0. The molecule has 1 aromatic heterocycles. The van der Waals surface area contributed by atoms with Gasteiger partial charge in [-0.15, -0.1) is 11.3 Å². The monoisotopic (exact) mass is 759 g/mol. The Balaban J connectivity index is 1.17. The van der Waals surface area contributed by atoms with Crippen molar-refractivity contribution in [1.29, 1.82) is 0 Å². The number of hydrogen-bond acceptors (Lipinski definition) is 2. The molecule has 2 aliphatic rings. The second-order valence-corrected chi connectivity index (χ2v) is 18.3. The van der Waals surface area contributed by atoms with Gasteiger partial charge >= 0.3 is 0 Å². The van der Waals surface area contributed by atoms with Crippen molar-refractivity contribution in [1.82, 2.24) is 0 Å². The first-order valence-corrected chi connectivity index (χ1v) is 21.3. The van der Waals surface area contributed by atoms with E-state index in [1.807, 2.05) is 11.3 Å². The van der Waals surface area contributed by atoms with Crippen LogP contribution in [-0.2, 0) is 10.8 Å². The molecule has 276 valence electrons. The predicted molar refractivity (Wildman–Crippen MR) is 250 cm³/mol. The first kappa shape index (κ1) is 33.6. The van der Waals surface area contributed by atoms with Crippen molar-refractivity contribution in [2.75, 3.05) is 4.90 Å². The number of thiophene rings is 1. The first-order valence-electron chi connectivity index (χ1n) is 20.4. The van der Waals surface area contributed by atoms with Crippen LogP contribution in [0.25, 0.3) is 75.1 Å². The largest absolute Gasteiger partial charge is 0.310 e. The summed E-state index contributed by atoms with van der Waals surface area (Å²) in [6, 6.07) is 66.2. The van der Waals surface area contributed by atoms with E-state index in [0.717, 1.165) is 0 Å². The van der Waals surface area contributed by atoms with Gasteiger partial charge in [-0.3, -0.25) is 0 Å². The van der Waals surface area contributed by atoms with Gasteiger partial charge in [-0.05, 0) is 96.6 Å². The molecule has 9 aromatic carbocycles. The molecule has 0 saturated carbocycles. The summed E-state index contributed by atoms with van der Waals surface area (Å²) < 4.78 is 2.67. The Labute approximate surface area is 343 Å². The second kappa shape index (κ2) is 12.0. The van der Waals surface area contributed by atoms with Crippen LogP contribution in [0.5, 0.6) is 0 Å². The Kier molecular flexibility index (Phi) is 6.97. The average molecular weight is 760 g/mol. The van der Waals surface area contributed by atoms with Crippen LogP contribution in [0.1, 0.15) is 49.9 Å². The van der Waals surface area contributed by atoms with Gasteiger partial charge in [-0.25, -0.2) is 0 Å². The van der Waals surface area contributed by atoms with Crippen molar-refractivity contribution in [2.24, 2.45) is 0 Å². The summed E-state index contributed by atoms with van der Waals surface area (Å²) in [5.74, 6) is 0. The molecular weight excluding hydrogens is 719 g/mol. The van der Waals surface area contributed by atoms with Crippen LogP contribution >= 0.6 is 11.3 Å². The van der Waals surface area contributed by atoms with E-state index in [1.165, 1.54) is 114 Å². The summed E-state index contributed by atoms with van der Waals surface area (Å²) in [5.41, 5.74) is 16.5. The first-order chi connectivity index (χ1) is 28.3. The van der Waals surface area contributed by atoms with E-state index >= 15 is 0 Å². The lowest BCUT2D eigenvalue weighted by atomic mass is 9.66. The lowest BCUT2D eigenvalue weighted by Crippen LogP contribution is -2.27. The minimum atomic E-state index is -0.310. The Bertz CT molecular complexity index is 3350. The average Bonchev–Trinajstić information content (AvgIpc) is 3.75. The summed E-state index contributed by atoms with van der Waals surface area (Å²) in [5, 5.41) is 7.77. The molecule has 12 rings (SSSR count). The Morgan fingerprint density at radius 2 is 1.03 bits per heavy atom. The van der Waals surface area contributed by atoms with Crippen LogP contribution in [0.15, 0.2) is 176 Å². The number of fused-ring (bicyclic) bond motifs is 9. The quantitative estimate of drug-likeness (QED) is 0.173. The zero-order valence-corrected chi connectivity index (χ0v) is 33.9. The molecule has 0 amide bonds. The van der Waals surface area contributed by atoms with E-state index in [1.54, 1.807) is 0 Å². The molecule has 0 atom stereocenters. The van der Waals surface area contributed by atoms with Gasteiger partial charge in [0.1, 0.15) is 0 Å². The zero-order chi connectivity index (χ0) is 38.9. The van der Waals surface area contributed by atoms with E-state index in [0.29, 0.717) is 0 Å². The molecular formula is C56H41NS. The third kappa shape index (κ3) is 4.52. The minimum Gasteiger partial charge on any atom is -0.310 e. The summed E-state index contributed by atoms with van der Waals surface area (Å²) in [4.78, 5) is 2.57. The van der Waals surface area contributed by atoms with E-state index in [2.05, 4.69) is 209 Å². The molecule has 0 aliphatic heterocycles. The van der Waals surface area contributed by atoms with E-state index in [4.69, 9.17) is 0 Å². The van der Waals surface area contributed by atoms with Gasteiger partial charge in [0.2, 0.25) is 0 Å². The van der Waals surface area contributed by atoms with E-state index in [-0.39, 0.29) is 10.8 Å². The molecule has 1 heterocycles. The predicted octanol–water partition coefficient (Wildman–Crippen LogP) is 16.1. The van der Waals surface area contributed by atoms with Gasteiger partial charge in [0.15, 0.2) is 0 Å². The van der Waals surface area contributed by atoms with Gasteiger partial charge in [-0.1, -0.05) is 173 Å². The highest BCUT2D eigenvalue weighted by Gasteiger charge is 2.40. The lowest BCUT2D eigenvalue weighted by Gasteiger charge is -2.40. The second-order valence-electron chi connectivity index (χ2n) is 17.2. The van der Waals surface area contributed by atoms with Crippen LogP contribution < -0.4 is 4.90 Å². The maximum Gasteiger partial charge on any atom is 0.0540 e. The van der Waals surface area contributed by atoms with Crippen molar-refractivity contribution in [3.63, 3.8) is 0 Å². The minimum absolute atomic E-state index is 0.126. The number of hydrogen-bond donors (Lipinski definition) is 0. The number of rotatable bonds is 4. The highest BCUT2D eigenvalue weighted by molar-refractivity contribution is 7.26. The molecule has 2 aliphatic carbocycles. The highest BCUT2D eigenvalue weighted by atomic mass is 32.1. The number of anilines is 3. The van der Waals surface area contributed by atoms with E-state index < -0.39 is 0 Å². The SMILES string of the molecule is CC1(C)c2ccccc2-c2ccc(N(c3cccc4c3C(C)(C)c3cccc5ccc(-c6cccc7c6sc6ccccc67)c-4c35)c3cccc4ccccc34)cc21. The van der Waals surface area contributed by atoms with Crippen molar-refractivity contribution in [3.05, 3.63) is 198 Å². The molecule has 0 spiro atoms. The molecule has 10 aromatic rings. The fourth-order valence-corrected chi connectivity index (χ4v) is 12.0. The fourth-order valence-electron chi connectivity index (χ4n) is 10.7. The Hall–Kier alpha value is -6.48. The molecule has 2 heteroatoms.